The number of hydrogen-bond acceptors (Lipinski definition) is 2. The second-order valence-corrected chi connectivity index (χ2v) is 4.81. The Kier molecular flexibility index (Phi) is 6.90. The number of benzene rings is 1. The molecule has 0 radical (unpaired) electrons. The quantitative estimate of drug-likeness (QED) is 0.699. The van der Waals surface area contributed by atoms with Crippen LogP contribution in [0.15, 0.2) is 30.3 Å². The number of nitrogens with one attached hydrogen (secondary N) is 1. The van der Waals surface area contributed by atoms with Crippen molar-refractivity contribution in [1.82, 2.24) is 5.32 Å². The standard InChI is InChI=1S/C15H25NO/c1-13(2)16-12-15(10-7-11-17-3)14-8-5-4-6-9-14/h4-6,8-9,13,15-16H,7,10-12H2,1-3H3. The lowest BCUT2D eigenvalue weighted by molar-refractivity contribution is 0.190. The first-order valence-electron chi connectivity index (χ1n) is 6.51. The maximum Gasteiger partial charge on any atom is 0.0462 e. The van der Waals surface area contributed by atoms with Crippen LogP contribution in [-0.2, 0) is 4.74 Å². The highest BCUT2D eigenvalue weighted by atomic mass is 16.5. The van der Waals surface area contributed by atoms with Crippen LogP contribution in [-0.4, -0.2) is 26.3 Å². The minimum absolute atomic E-state index is 0.545. The molecule has 1 aromatic carbocycles. The van der Waals surface area contributed by atoms with E-state index in [0.717, 1.165) is 19.6 Å². The third kappa shape index (κ3) is 5.85. The van der Waals surface area contributed by atoms with Crippen LogP contribution >= 0.6 is 0 Å². The summed E-state index contributed by atoms with van der Waals surface area (Å²) in [6.45, 7) is 6.28. The summed E-state index contributed by atoms with van der Waals surface area (Å²) < 4.78 is 5.13. The molecule has 1 unspecified atom stereocenters. The molecule has 0 aliphatic heterocycles. The summed E-state index contributed by atoms with van der Waals surface area (Å²) in [4.78, 5) is 0. The Morgan fingerprint density at radius 2 is 1.88 bits per heavy atom. The van der Waals surface area contributed by atoms with Gasteiger partial charge in [0.05, 0.1) is 0 Å². The Morgan fingerprint density at radius 1 is 1.18 bits per heavy atom. The molecule has 0 spiro atoms. The molecular weight excluding hydrogens is 210 g/mol. The van der Waals surface area contributed by atoms with Crippen molar-refractivity contribution in [3.63, 3.8) is 0 Å². The van der Waals surface area contributed by atoms with Gasteiger partial charge in [0.2, 0.25) is 0 Å². The first kappa shape index (κ1) is 14.2. The Balaban J connectivity index is 2.52. The largest absolute Gasteiger partial charge is 0.385 e. The maximum absolute atomic E-state index is 5.13. The van der Waals surface area contributed by atoms with Gasteiger partial charge < -0.3 is 10.1 Å². The van der Waals surface area contributed by atoms with Crippen LogP contribution in [0.3, 0.4) is 0 Å². The number of rotatable bonds is 8. The van der Waals surface area contributed by atoms with E-state index in [4.69, 9.17) is 4.74 Å². The van der Waals surface area contributed by atoms with E-state index in [2.05, 4.69) is 49.5 Å². The van der Waals surface area contributed by atoms with Crippen LogP contribution in [0.4, 0.5) is 0 Å². The highest BCUT2D eigenvalue weighted by Crippen LogP contribution is 2.20. The summed E-state index contributed by atoms with van der Waals surface area (Å²) in [6.07, 6.45) is 2.30. The summed E-state index contributed by atoms with van der Waals surface area (Å²) >= 11 is 0. The predicted octanol–water partition coefficient (Wildman–Crippen LogP) is 3.19. The molecule has 2 heteroatoms. The van der Waals surface area contributed by atoms with Crippen LogP contribution in [0, 0.1) is 0 Å². The molecule has 1 N–H and O–H groups in total. The Labute approximate surface area is 105 Å². The van der Waals surface area contributed by atoms with Gasteiger partial charge >= 0.3 is 0 Å². The number of ether oxygens (including phenoxy) is 1. The van der Waals surface area contributed by atoms with E-state index < -0.39 is 0 Å². The van der Waals surface area contributed by atoms with Crippen LogP contribution in [0.25, 0.3) is 0 Å². The van der Waals surface area contributed by atoms with Gasteiger partial charge in [-0.05, 0) is 24.3 Å². The fraction of sp³-hybridized carbons (Fsp3) is 0.600. The molecule has 0 saturated carbocycles. The summed E-state index contributed by atoms with van der Waals surface area (Å²) in [5.41, 5.74) is 1.43. The van der Waals surface area contributed by atoms with E-state index in [9.17, 15) is 0 Å². The van der Waals surface area contributed by atoms with Crippen molar-refractivity contribution in [3.8, 4) is 0 Å². The first-order chi connectivity index (χ1) is 8.24. The Morgan fingerprint density at radius 3 is 2.47 bits per heavy atom. The molecular formula is C15H25NO. The molecule has 0 saturated heterocycles. The molecule has 0 aromatic heterocycles. The van der Waals surface area contributed by atoms with E-state index in [1.54, 1.807) is 7.11 Å². The topological polar surface area (TPSA) is 21.3 Å². The molecule has 0 aliphatic carbocycles. The van der Waals surface area contributed by atoms with Gasteiger partial charge in [-0.2, -0.15) is 0 Å². The molecule has 0 heterocycles. The van der Waals surface area contributed by atoms with Gasteiger partial charge in [-0.3, -0.25) is 0 Å². The maximum atomic E-state index is 5.13. The van der Waals surface area contributed by atoms with E-state index in [0.29, 0.717) is 12.0 Å². The first-order valence-corrected chi connectivity index (χ1v) is 6.51. The summed E-state index contributed by atoms with van der Waals surface area (Å²) in [6, 6.07) is 11.3. The van der Waals surface area contributed by atoms with E-state index >= 15 is 0 Å². The van der Waals surface area contributed by atoms with Crippen LogP contribution in [0.2, 0.25) is 0 Å². The molecule has 0 amide bonds. The van der Waals surface area contributed by atoms with Gasteiger partial charge in [-0.15, -0.1) is 0 Å². The highest BCUT2D eigenvalue weighted by Gasteiger charge is 2.11. The molecule has 17 heavy (non-hydrogen) atoms. The minimum atomic E-state index is 0.545. The molecule has 96 valence electrons. The molecule has 1 atom stereocenters. The lowest BCUT2D eigenvalue weighted by Gasteiger charge is -2.19. The number of hydrogen-bond donors (Lipinski definition) is 1. The lowest BCUT2D eigenvalue weighted by Crippen LogP contribution is -2.28. The van der Waals surface area contributed by atoms with E-state index in [-0.39, 0.29) is 0 Å². The zero-order valence-corrected chi connectivity index (χ0v) is 11.3. The van der Waals surface area contributed by atoms with Gasteiger partial charge in [0, 0.05) is 26.3 Å². The smallest absolute Gasteiger partial charge is 0.0462 e. The van der Waals surface area contributed by atoms with Crippen molar-refractivity contribution in [2.75, 3.05) is 20.3 Å². The van der Waals surface area contributed by atoms with Gasteiger partial charge in [-0.1, -0.05) is 44.2 Å². The van der Waals surface area contributed by atoms with Crippen molar-refractivity contribution < 1.29 is 4.74 Å². The SMILES string of the molecule is COCCCC(CNC(C)C)c1ccccc1. The Hall–Kier alpha value is -0.860. The molecule has 0 aliphatic rings. The molecule has 1 rings (SSSR count). The summed E-state index contributed by atoms with van der Waals surface area (Å²) in [7, 11) is 1.77. The second kappa shape index (κ2) is 8.26. The normalized spacial score (nSPS) is 12.9. The van der Waals surface area contributed by atoms with Gasteiger partial charge in [0.25, 0.3) is 0 Å². The average Bonchev–Trinajstić information content (AvgIpc) is 2.34. The van der Waals surface area contributed by atoms with Gasteiger partial charge in [0.15, 0.2) is 0 Å². The fourth-order valence-corrected chi connectivity index (χ4v) is 1.96. The van der Waals surface area contributed by atoms with Crippen molar-refractivity contribution >= 4 is 0 Å². The van der Waals surface area contributed by atoms with Gasteiger partial charge in [0.1, 0.15) is 0 Å². The molecule has 2 nitrogen and oxygen atoms in total. The van der Waals surface area contributed by atoms with Crippen LogP contribution in [0.5, 0.6) is 0 Å². The number of methoxy groups -OCH3 is 1. The molecule has 1 aromatic rings. The third-order valence-corrected chi connectivity index (χ3v) is 2.94. The van der Waals surface area contributed by atoms with Gasteiger partial charge in [-0.25, -0.2) is 0 Å². The van der Waals surface area contributed by atoms with Crippen molar-refractivity contribution in [2.24, 2.45) is 0 Å². The Bertz CT molecular complexity index is 284. The minimum Gasteiger partial charge on any atom is -0.385 e. The van der Waals surface area contributed by atoms with Crippen molar-refractivity contribution in [3.05, 3.63) is 35.9 Å². The van der Waals surface area contributed by atoms with Crippen molar-refractivity contribution in [1.29, 1.82) is 0 Å². The second-order valence-electron chi connectivity index (χ2n) is 4.81. The predicted molar refractivity (Wildman–Crippen MR) is 73.4 cm³/mol. The highest BCUT2D eigenvalue weighted by molar-refractivity contribution is 5.19. The zero-order valence-electron chi connectivity index (χ0n) is 11.3. The van der Waals surface area contributed by atoms with Crippen LogP contribution < -0.4 is 5.32 Å². The molecule has 0 fully saturated rings. The zero-order chi connectivity index (χ0) is 12.5. The van der Waals surface area contributed by atoms with Crippen molar-refractivity contribution in [2.45, 2.75) is 38.6 Å². The average molecular weight is 235 g/mol. The molecule has 0 bridgehead atoms. The fourth-order valence-electron chi connectivity index (χ4n) is 1.96. The summed E-state index contributed by atoms with van der Waals surface area (Å²) in [5, 5.41) is 3.53. The lowest BCUT2D eigenvalue weighted by atomic mass is 9.94. The van der Waals surface area contributed by atoms with Crippen LogP contribution in [0.1, 0.15) is 38.2 Å². The monoisotopic (exact) mass is 235 g/mol. The van der Waals surface area contributed by atoms with E-state index in [1.807, 2.05) is 0 Å². The third-order valence-electron chi connectivity index (χ3n) is 2.94. The summed E-state index contributed by atoms with van der Waals surface area (Å²) in [5.74, 6) is 0.591. The van der Waals surface area contributed by atoms with E-state index in [1.165, 1.54) is 12.0 Å².